The molecule has 2 atom stereocenters. The van der Waals surface area contributed by atoms with Gasteiger partial charge in [0.1, 0.15) is 11.6 Å². The van der Waals surface area contributed by atoms with Crippen LogP contribution in [0.25, 0.3) is 0 Å². The van der Waals surface area contributed by atoms with Gasteiger partial charge in [-0.25, -0.2) is 8.78 Å². The lowest BCUT2D eigenvalue weighted by Gasteiger charge is -2.37. The van der Waals surface area contributed by atoms with E-state index in [1.165, 1.54) is 25.0 Å². The monoisotopic (exact) mass is 252 g/mol. The predicted octanol–water partition coefficient (Wildman–Crippen LogP) is 3.75. The number of aliphatic hydroxyl groups is 1. The van der Waals surface area contributed by atoms with Crippen molar-refractivity contribution in [2.45, 2.75) is 44.1 Å². The normalized spacial score (nSPS) is 32.5. The molecule has 0 radical (unpaired) electrons. The molecule has 0 saturated heterocycles. The second kappa shape index (κ2) is 4.30. The van der Waals surface area contributed by atoms with Gasteiger partial charge in [0, 0.05) is 11.6 Å². The highest BCUT2D eigenvalue weighted by atomic mass is 19.1. The number of rotatable bonds is 2. The third-order valence-electron chi connectivity index (χ3n) is 4.49. The molecule has 1 nitrogen and oxygen atoms in total. The van der Waals surface area contributed by atoms with Crippen LogP contribution in [0.5, 0.6) is 0 Å². The molecule has 2 saturated carbocycles. The third-order valence-corrected chi connectivity index (χ3v) is 4.49. The molecule has 98 valence electrons. The summed E-state index contributed by atoms with van der Waals surface area (Å²) >= 11 is 0. The molecule has 2 aliphatic rings. The van der Waals surface area contributed by atoms with Crippen LogP contribution in [0.1, 0.15) is 44.1 Å². The van der Waals surface area contributed by atoms with Crippen LogP contribution < -0.4 is 0 Å². The Hall–Kier alpha value is -0.960. The van der Waals surface area contributed by atoms with Crippen LogP contribution in [0.3, 0.4) is 0 Å². The molecule has 18 heavy (non-hydrogen) atoms. The van der Waals surface area contributed by atoms with E-state index in [1.54, 1.807) is 0 Å². The van der Waals surface area contributed by atoms with Crippen LogP contribution in [-0.4, -0.2) is 5.11 Å². The Morgan fingerprint density at radius 1 is 1.11 bits per heavy atom. The van der Waals surface area contributed by atoms with Crippen LogP contribution in [0.4, 0.5) is 8.78 Å². The zero-order valence-corrected chi connectivity index (χ0v) is 10.3. The summed E-state index contributed by atoms with van der Waals surface area (Å²) in [6, 6.07) is 3.51. The molecule has 1 aromatic rings. The highest BCUT2D eigenvalue weighted by Gasteiger charge is 2.42. The van der Waals surface area contributed by atoms with Crippen molar-refractivity contribution < 1.29 is 13.9 Å². The minimum absolute atomic E-state index is 0.272. The molecule has 2 fully saturated rings. The lowest BCUT2D eigenvalue weighted by Crippen LogP contribution is -2.34. The Bertz CT molecular complexity index is 456. The SMILES string of the molecule is OC1(c2ccc(F)cc2F)CCCC(C2CC2)C1. The Balaban J connectivity index is 1.87. The molecule has 2 aliphatic carbocycles. The van der Waals surface area contributed by atoms with Gasteiger partial charge in [0.15, 0.2) is 0 Å². The molecule has 0 amide bonds. The molecule has 0 heterocycles. The summed E-state index contributed by atoms with van der Waals surface area (Å²) in [6.45, 7) is 0. The van der Waals surface area contributed by atoms with Crippen molar-refractivity contribution in [2.24, 2.45) is 11.8 Å². The first kappa shape index (κ1) is 12.1. The number of hydrogen-bond donors (Lipinski definition) is 1. The van der Waals surface area contributed by atoms with Crippen LogP contribution in [-0.2, 0) is 5.60 Å². The maximum atomic E-state index is 13.8. The summed E-state index contributed by atoms with van der Waals surface area (Å²) in [5.41, 5.74) is -0.822. The van der Waals surface area contributed by atoms with Crippen molar-refractivity contribution in [1.82, 2.24) is 0 Å². The minimum Gasteiger partial charge on any atom is -0.385 e. The van der Waals surface area contributed by atoms with E-state index in [0.717, 1.165) is 24.8 Å². The molecule has 3 heteroatoms. The molecule has 0 aliphatic heterocycles. The van der Waals surface area contributed by atoms with E-state index in [2.05, 4.69) is 0 Å². The molecular weight excluding hydrogens is 234 g/mol. The van der Waals surface area contributed by atoms with Gasteiger partial charge in [-0.1, -0.05) is 6.07 Å². The van der Waals surface area contributed by atoms with Crippen molar-refractivity contribution >= 4 is 0 Å². The standard InChI is InChI=1S/C15H18F2O/c16-12-5-6-13(14(17)8-12)15(18)7-1-2-11(9-15)10-3-4-10/h5-6,8,10-11,18H,1-4,7,9H2. The summed E-state index contributed by atoms with van der Waals surface area (Å²) in [6.07, 6.45) is 5.75. The summed E-state index contributed by atoms with van der Waals surface area (Å²) in [5, 5.41) is 10.7. The smallest absolute Gasteiger partial charge is 0.132 e. The van der Waals surface area contributed by atoms with E-state index in [9.17, 15) is 13.9 Å². The lowest BCUT2D eigenvalue weighted by molar-refractivity contribution is -0.0279. The van der Waals surface area contributed by atoms with Crippen molar-refractivity contribution in [3.05, 3.63) is 35.4 Å². The van der Waals surface area contributed by atoms with Gasteiger partial charge in [0.25, 0.3) is 0 Å². The zero-order chi connectivity index (χ0) is 12.8. The Kier molecular flexibility index (Phi) is 2.89. The average molecular weight is 252 g/mol. The predicted molar refractivity (Wildman–Crippen MR) is 64.9 cm³/mol. The largest absolute Gasteiger partial charge is 0.385 e. The second-order valence-corrected chi connectivity index (χ2v) is 5.85. The maximum Gasteiger partial charge on any atom is 0.132 e. The molecule has 1 aromatic carbocycles. The van der Waals surface area contributed by atoms with Crippen molar-refractivity contribution in [3.8, 4) is 0 Å². The zero-order valence-electron chi connectivity index (χ0n) is 10.3. The first-order valence-corrected chi connectivity index (χ1v) is 6.76. The van der Waals surface area contributed by atoms with Gasteiger partial charge in [-0.2, -0.15) is 0 Å². The molecular formula is C15H18F2O. The first-order chi connectivity index (χ1) is 8.58. The number of benzene rings is 1. The fourth-order valence-electron chi connectivity index (χ4n) is 3.38. The van der Waals surface area contributed by atoms with Crippen LogP contribution in [0.2, 0.25) is 0 Å². The highest BCUT2D eigenvalue weighted by Crippen LogP contribution is 2.49. The van der Waals surface area contributed by atoms with Crippen LogP contribution >= 0.6 is 0 Å². The van der Waals surface area contributed by atoms with Gasteiger partial charge in [0.05, 0.1) is 5.60 Å². The van der Waals surface area contributed by atoms with E-state index in [0.29, 0.717) is 18.8 Å². The van der Waals surface area contributed by atoms with Crippen LogP contribution in [0.15, 0.2) is 18.2 Å². The van der Waals surface area contributed by atoms with E-state index in [4.69, 9.17) is 0 Å². The van der Waals surface area contributed by atoms with Gasteiger partial charge in [0.2, 0.25) is 0 Å². The van der Waals surface area contributed by atoms with E-state index in [-0.39, 0.29) is 5.56 Å². The quantitative estimate of drug-likeness (QED) is 0.849. The molecule has 0 bridgehead atoms. The third kappa shape index (κ3) is 2.16. The van der Waals surface area contributed by atoms with Crippen LogP contribution in [0, 0.1) is 23.5 Å². The fraction of sp³-hybridized carbons (Fsp3) is 0.600. The fourth-order valence-corrected chi connectivity index (χ4v) is 3.38. The second-order valence-electron chi connectivity index (χ2n) is 5.85. The van der Waals surface area contributed by atoms with E-state index < -0.39 is 17.2 Å². The first-order valence-electron chi connectivity index (χ1n) is 6.76. The summed E-state index contributed by atoms with van der Waals surface area (Å²) < 4.78 is 26.8. The van der Waals surface area contributed by atoms with E-state index >= 15 is 0 Å². The average Bonchev–Trinajstić information content (AvgIpc) is 3.12. The van der Waals surface area contributed by atoms with Crippen molar-refractivity contribution in [3.63, 3.8) is 0 Å². The van der Waals surface area contributed by atoms with Gasteiger partial charge >= 0.3 is 0 Å². The summed E-state index contributed by atoms with van der Waals surface area (Å²) in [7, 11) is 0. The number of halogens is 2. The highest BCUT2D eigenvalue weighted by molar-refractivity contribution is 5.26. The molecule has 0 aromatic heterocycles. The van der Waals surface area contributed by atoms with E-state index in [1.807, 2.05) is 0 Å². The Labute approximate surface area is 106 Å². The van der Waals surface area contributed by atoms with Gasteiger partial charge in [-0.05, 0) is 56.4 Å². The Morgan fingerprint density at radius 2 is 1.89 bits per heavy atom. The lowest BCUT2D eigenvalue weighted by atomic mass is 9.72. The molecule has 3 rings (SSSR count). The number of hydrogen-bond acceptors (Lipinski definition) is 1. The van der Waals surface area contributed by atoms with Gasteiger partial charge in [-0.3, -0.25) is 0 Å². The van der Waals surface area contributed by atoms with Crippen molar-refractivity contribution in [2.75, 3.05) is 0 Å². The molecule has 1 N–H and O–H groups in total. The summed E-state index contributed by atoms with van der Waals surface area (Å²) in [5.74, 6) is 0.0249. The van der Waals surface area contributed by atoms with Gasteiger partial charge < -0.3 is 5.11 Å². The summed E-state index contributed by atoms with van der Waals surface area (Å²) in [4.78, 5) is 0. The molecule has 2 unspecified atom stereocenters. The maximum absolute atomic E-state index is 13.8. The minimum atomic E-state index is -1.09. The topological polar surface area (TPSA) is 20.2 Å². The Morgan fingerprint density at radius 3 is 2.56 bits per heavy atom. The van der Waals surface area contributed by atoms with Crippen molar-refractivity contribution in [1.29, 1.82) is 0 Å². The molecule has 0 spiro atoms. The van der Waals surface area contributed by atoms with Gasteiger partial charge in [-0.15, -0.1) is 0 Å².